The molecule has 1 amide bonds. The van der Waals surface area contributed by atoms with E-state index >= 15 is 0 Å². The Morgan fingerprint density at radius 3 is 2.89 bits per heavy atom. The summed E-state index contributed by atoms with van der Waals surface area (Å²) in [4.78, 5) is 27.7. The minimum absolute atomic E-state index is 0.131. The van der Waals surface area contributed by atoms with Crippen molar-refractivity contribution >= 4 is 22.5 Å². The van der Waals surface area contributed by atoms with Crippen molar-refractivity contribution in [2.45, 2.75) is 0 Å². The average molecular weight is 258 g/mol. The van der Waals surface area contributed by atoms with Crippen LogP contribution in [0.3, 0.4) is 0 Å². The molecule has 7 nitrogen and oxygen atoms in total. The van der Waals surface area contributed by atoms with Crippen molar-refractivity contribution in [3.8, 4) is 5.75 Å². The Hall–Kier alpha value is -2.83. The lowest BCUT2D eigenvalue weighted by atomic mass is 10.2. The number of aromatic amines is 1. The van der Waals surface area contributed by atoms with Gasteiger partial charge in [-0.1, -0.05) is 0 Å². The maximum absolute atomic E-state index is 12.3. The zero-order chi connectivity index (χ0) is 13.6. The second-order valence-electron chi connectivity index (χ2n) is 4.03. The maximum Gasteiger partial charge on any atom is 0.280 e. The molecule has 0 aliphatic rings. The van der Waals surface area contributed by atoms with Gasteiger partial charge in [-0.15, -0.1) is 0 Å². The molecule has 0 saturated heterocycles. The average Bonchev–Trinajstić information content (AvgIpc) is 2.83. The Morgan fingerprint density at radius 2 is 2.21 bits per heavy atom. The van der Waals surface area contributed by atoms with Gasteiger partial charge in [-0.3, -0.25) is 14.7 Å². The molecule has 3 rings (SSSR count). The second kappa shape index (κ2) is 3.84. The van der Waals surface area contributed by atoms with Gasteiger partial charge in [-0.05, 0) is 18.2 Å². The number of carbonyl (C=O) groups excluding carboxylic acids is 1. The van der Waals surface area contributed by atoms with Gasteiger partial charge in [0.15, 0.2) is 5.65 Å². The van der Waals surface area contributed by atoms with Gasteiger partial charge in [-0.25, -0.2) is 9.50 Å². The number of ether oxygens (including phenoxy) is 1. The minimum atomic E-state index is -0.647. The number of H-pyrrole nitrogens is 1. The van der Waals surface area contributed by atoms with Gasteiger partial charge in [0, 0.05) is 6.07 Å². The first-order chi connectivity index (χ1) is 9.10. The van der Waals surface area contributed by atoms with Crippen LogP contribution in [0.1, 0.15) is 10.5 Å². The van der Waals surface area contributed by atoms with Gasteiger partial charge in [0.1, 0.15) is 11.4 Å². The van der Waals surface area contributed by atoms with Crippen molar-refractivity contribution in [2.75, 3.05) is 7.11 Å². The molecule has 0 spiro atoms. The molecular formula is C12H10N4O3. The maximum atomic E-state index is 12.3. The number of fused-ring (bicyclic) bond motifs is 2. The summed E-state index contributed by atoms with van der Waals surface area (Å²) in [5.74, 6) is -0.0837. The second-order valence-corrected chi connectivity index (χ2v) is 4.03. The molecular weight excluding hydrogens is 248 g/mol. The largest absolute Gasteiger partial charge is 0.497 e. The summed E-state index contributed by atoms with van der Waals surface area (Å²) in [6.45, 7) is 0. The lowest BCUT2D eigenvalue weighted by Crippen LogP contribution is -2.17. The van der Waals surface area contributed by atoms with Crippen LogP contribution in [0.2, 0.25) is 0 Å². The first-order valence-corrected chi connectivity index (χ1v) is 5.49. The fourth-order valence-corrected chi connectivity index (χ4v) is 1.92. The number of nitrogens with one attached hydrogen (secondary N) is 1. The zero-order valence-corrected chi connectivity index (χ0v) is 10.0. The number of amides is 1. The molecule has 2 heterocycles. The Morgan fingerprint density at radius 1 is 1.42 bits per heavy atom. The third kappa shape index (κ3) is 1.63. The number of nitrogens with zero attached hydrogens (tertiary/aromatic N) is 2. The normalized spacial score (nSPS) is 11.0. The van der Waals surface area contributed by atoms with Crippen molar-refractivity contribution < 1.29 is 9.53 Å². The summed E-state index contributed by atoms with van der Waals surface area (Å²) in [5.41, 5.74) is 5.86. The van der Waals surface area contributed by atoms with Gasteiger partial charge in [0.25, 0.3) is 11.5 Å². The predicted molar refractivity (Wildman–Crippen MR) is 68.4 cm³/mol. The van der Waals surface area contributed by atoms with Gasteiger partial charge >= 0.3 is 0 Å². The fourth-order valence-electron chi connectivity index (χ4n) is 1.92. The minimum Gasteiger partial charge on any atom is -0.497 e. The monoisotopic (exact) mass is 258 g/mol. The number of rotatable bonds is 2. The molecule has 96 valence electrons. The van der Waals surface area contributed by atoms with Crippen LogP contribution in [0.4, 0.5) is 0 Å². The number of nitrogens with two attached hydrogens (primary N) is 1. The Balaban J connectivity index is 2.42. The van der Waals surface area contributed by atoms with Crippen LogP contribution in [0, 0.1) is 0 Å². The van der Waals surface area contributed by atoms with E-state index in [4.69, 9.17) is 10.5 Å². The van der Waals surface area contributed by atoms with Crippen LogP contribution >= 0.6 is 0 Å². The first kappa shape index (κ1) is 11.3. The molecule has 0 atom stereocenters. The summed E-state index contributed by atoms with van der Waals surface area (Å²) in [6, 6.07) is 6.44. The van der Waals surface area contributed by atoms with E-state index in [1.54, 1.807) is 18.2 Å². The van der Waals surface area contributed by atoms with Gasteiger partial charge in [-0.2, -0.15) is 0 Å². The van der Waals surface area contributed by atoms with Gasteiger partial charge in [0.2, 0.25) is 0 Å². The topological polar surface area (TPSA) is 102 Å². The highest BCUT2D eigenvalue weighted by atomic mass is 16.5. The van der Waals surface area contributed by atoms with E-state index in [2.05, 4.69) is 10.1 Å². The lowest BCUT2D eigenvalue weighted by molar-refractivity contribution is 0.0995. The van der Waals surface area contributed by atoms with Gasteiger partial charge < -0.3 is 10.5 Å². The van der Waals surface area contributed by atoms with E-state index in [0.29, 0.717) is 22.3 Å². The van der Waals surface area contributed by atoms with Crippen molar-refractivity contribution in [1.29, 1.82) is 0 Å². The number of hydrogen-bond acceptors (Lipinski definition) is 4. The number of hydrogen-bond donors (Lipinski definition) is 2. The molecule has 0 saturated carbocycles. The van der Waals surface area contributed by atoms with E-state index in [1.165, 1.54) is 17.7 Å². The summed E-state index contributed by atoms with van der Waals surface area (Å²) in [7, 11) is 1.52. The van der Waals surface area contributed by atoms with E-state index in [-0.39, 0.29) is 11.3 Å². The van der Waals surface area contributed by atoms with E-state index in [9.17, 15) is 9.59 Å². The molecule has 0 fully saturated rings. The lowest BCUT2D eigenvalue weighted by Gasteiger charge is -2.02. The van der Waals surface area contributed by atoms with Crippen molar-refractivity contribution in [2.24, 2.45) is 5.73 Å². The number of aromatic nitrogens is 3. The van der Waals surface area contributed by atoms with E-state index < -0.39 is 5.91 Å². The quantitative estimate of drug-likeness (QED) is 0.689. The Kier molecular flexibility index (Phi) is 2.28. The van der Waals surface area contributed by atoms with E-state index in [0.717, 1.165) is 0 Å². The molecule has 0 bridgehead atoms. The Labute approximate surface area is 106 Å². The molecule has 0 radical (unpaired) electrons. The van der Waals surface area contributed by atoms with Crippen molar-refractivity contribution in [1.82, 2.24) is 14.6 Å². The molecule has 3 aromatic rings. The third-order valence-electron chi connectivity index (χ3n) is 2.87. The molecule has 2 aromatic heterocycles. The standard InChI is InChI=1S/C12H10N4O3/c1-19-6-2-3-8-7(4-6)12(18)16-10(14-8)5-9(15-16)11(13)17/h2-5,15H,1H3,(H2,13,17). The summed E-state index contributed by atoms with van der Waals surface area (Å²) in [5, 5.41) is 3.02. The first-order valence-electron chi connectivity index (χ1n) is 5.49. The van der Waals surface area contributed by atoms with Crippen molar-refractivity contribution in [3.63, 3.8) is 0 Å². The van der Waals surface area contributed by atoms with Crippen LogP contribution < -0.4 is 16.0 Å². The molecule has 0 unspecified atom stereocenters. The SMILES string of the molecule is COc1ccc2nc3cc(C(N)=O)[nH]n3c(=O)c2c1. The van der Waals surface area contributed by atoms with E-state index in [1.807, 2.05) is 0 Å². The van der Waals surface area contributed by atoms with Crippen LogP contribution in [0.5, 0.6) is 5.75 Å². The summed E-state index contributed by atoms with van der Waals surface area (Å²) >= 11 is 0. The third-order valence-corrected chi connectivity index (χ3v) is 2.87. The molecule has 0 aliphatic heterocycles. The van der Waals surface area contributed by atoms with Gasteiger partial charge in [0.05, 0.1) is 18.0 Å². The van der Waals surface area contributed by atoms with Crippen molar-refractivity contribution in [3.05, 3.63) is 40.3 Å². The highest BCUT2D eigenvalue weighted by Crippen LogP contribution is 2.17. The van der Waals surface area contributed by atoms with Crippen LogP contribution in [-0.2, 0) is 0 Å². The molecule has 19 heavy (non-hydrogen) atoms. The Bertz CT molecular complexity index is 862. The fraction of sp³-hybridized carbons (Fsp3) is 0.0833. The van der Waals surface area contributed by atoms with Crippen LogP contribution in [0.15, 0.2) is 29.1 Å². The predicted octanol–water partition coefficient (Wildman–Crippen LogP) is 0.283. The molecule has 1 aromatic carbocycles. The highest BCUT2D eigenvalue weighted by molar-refractivity contribution is 5.92. The number of primary amides is 1. The molecule has 3 N–H and O–H groups in total. The number of carbonyl (C=O) groups is 1. The molecule has 7 heteroatoms. The summed E-state index contributed by atoms with van der Waals surface area (Å²) in [6.07, 6.45) is 0. The molecule has 0 aliphatic carbocycles. The van der Waals surface area contributed by atoms with Crippen LogP contribution in [0.25, 0.3) is 16.6 Å². The highest BCUT2D eigenvalue weighted by Gasteiger charge is 2.11. The number of benzene rings is 1. The smallest absolute Gasteiger partial charge is 0.280 e. The number of methoxy groups -OCH3 is 1. The van der Waals surface area contributed by atoms with Crippen LogP contribution in [-0.4, -0.2) is 27.6 Å². The zero-order valence-electron chi connectivity index (χ0n) is 10.0. The summed E-state index contributed by atoms with van der Waals surface area (Å²) < 4.78 is 6.25.